The van der Waals surface area contributed by atoms with Crippen LogP contribution in [0.4, 0.5) is 8.78 Å². The lowest BCUT2D eigenvalue weighted by atomic mass is 9.77. The van der Waals surface area contributed by atoms with Crippen LogP contribution in [0.25, 0.3) is 0 Å². The van der Waals surface area contributed by atoms with Crippen molar-refractivity contribution >= 4 is 17.8 Å². The number of carbonyl (C=O) groups is 3. The van der Waals surface area contributed by atoms with Gasteiger partial charge in [0.05, 0.1) is 12.2 Å². The average Bonchev–Trinajstić information content (AvgIpc) is 3.31. The van der Waals surface area contributed by atoms with Crippen molar-refractivity contribution < 1.29 is 33.0 Å². The Bertz CT molecular complexity index is 656. The molecule has 2 amide bonds. The number of halogens is 2. The van der Waals surface area contributed by atoms with Crippen molar-refractivity contribution in [1.82, 2.24) is 10.6 Å². The fraction of sp³-hybridized carbons (Fsp3) is 0.773. The predicted molar refractivity (Wildman–Crippen MR) is 111 cm³/mol. The van der Waals surface area contributed by atoms with Gasteiger partial charge < -0.3 is 20.5 Å². The van der Waals surface area contributed by atoms with E-state index in [2.05, 4.69) is 17.6 Å². The van der Waals surface area contributed by atoms with Crippen LogP contribution in [0, 0.1) is 11.8 Å². The summed E-state index contributed by atoms with van der Waals surface area (Å²) in [7, 11) is 0. The number of alkyl halides is 2. The standard InChI is InChI=1S/C22H34F2N2O5/c1-2-3-7-12-25-19(27)13-20(28)26-14-16-15(17-9-10-18(16)31-17)8-5-4-6-11-22(23,24)21(29)30/h4-5,15-18H,2-3,6-14H2,1H3,(H,25,27)(H,26,28)(H,29,30)/b5-4-/t15-,16+,17-,18+/m1/s1. The lowest BCUT2D eigenvalue weighted by Gasteiger charge is -2.27. The van der Waals surface area contributed by atoms with Crippen LogP contribution in [-0.2, 0) is 19.1 Å². The molecule has 2 rings (SSSR count). The molecule has 0 spiro atoms. The largest absolute Gasteiger partial charge is 0.477 e. The van der Waals surface area contributed by atoms with E-state index in [1.807, 2.05) is 0 Å². The summed E-state index contributed by atoms with van der Waals surface area (Å²) in [5, 5.41) is 14.0. The summed E-state index contributed by atoms with van der Waals surface area (Å²) >= 11 is 0. The number of unbranched alkanes of at least 4 members (excludes halogenated alkanes) is 2. The fourth-order valence-electron chi connectivity index (χ4n) is 4.33. The molecule has 2 aliphatic rings. The molecule has 176 valence electrons. The van der Waals surface area contributed by atoms with E-state index >= 15 is 0 Å². The highest BCUT2D eigenvalue weighted by Gasteiger charge is 2.48. The Morgan fingerprint density at radius 2 is 1.74 bits per heavy atom. The second-order valence-corrected chi connectivity index (χ2v) is 8.41. The molecule has 0 saturated carbocycles. The minimum atomic E-state index is -3.71. The average molecular weight is 445 g/mol. The summed E-state index contributed by atoms with van der Waals surface area (Å²) < 4.78 is 32.2. The van der Waals surface area contributed by atoms with Gasteiger partial charge in [0, 0.05) is 25.4 Å². The first-order chi connectivity index (χ1) is 14.7. The monoisotopic (exact) mass is 444 g/mol. The van der Waals surface area contributed by atoms with Gasteiger partial charge in [-0.2, -0.15) is 8.78 Å². The number of aliphatic carboxylic acids is 1. The van der Waals surface area contributed by atoms with Crippen LogP contribution in [0.2, 0.25) is 0 Å². The lowest BCUT2D eigenvalue weighted by Crippen LogP contribution is -2.39. The van der Waals surface area contributed by atoms with Gasteiger partial charge >= 0.3 is 11.9 Å². The molecule has 0 aliphatic carbocycles. The Balaban J connectivity index is 1.73. The Morgan fingerprint density at radius 3 is 2.42 bits per heavy atom. The third-order valence-corrected chi connectivity index (χ3v) is 6.06. The highest BCUT2D eigenvalue weighted by atomic mass is 19.3. The maximum atomic E-state index is 13.1. The van der Waals surface area contributed by atoms with Crippen LogP contribution in [0.15, 0.2) is 12.2 Å². The van der Waals surface area contributed by atoms with E-state index in [1.165, 1.54) is 0 Å². The maximum Gasteiger partial charge on any atom is 0.374 e. The predicted octanol–water partition coefficient (Wildman–Crippen LogP) is 3.04. The van der Waals surface area contributed by atoms with E-state index in [4.69, 9.17) is 9.84 Å². The highest BCUT2D eigenvalue weighted by Crippen LogP contribution is 2.44. The molecule has 2 fully saturated rings. The van der Waals surface area contributed by atoms with Gasteiger partial charge in [-0.25, -0.2) is 4.79 Å². The summed E-state index contributed by atoms with van der Waals surface area (Å²) in [6, 6.07) is 0. The topological polar surface area (TPSA) is 105 Å². The number of hydrogen-bond donors (Lipinski definition) is 3. The van der Waals surface area contributed by atoms with E-state index in [1.54, 1.807) is 12.2 Å². The molecule has 2 heterocycles. The molecule has 2 saturated heterocycles. The number of amides is 2. The maximum absolute atomic E-state index is 13.1. The molecule has 2 aliphatic heterocycles. The van der Waals surface area contributed by atoms with Gasteiger partial charge in [0.2, 0.25) is 11.8 Å². The normalized spacial score (nSPS) is 25.1. The molecule has 0 aromatic heterocycles. The smallest absolute Gasteiger partial charge is 0.374 e. The summed E-state index contributed by atoms with van der Waals surface area (Å²) in [5.74, 6) is -6.14. The number of carboxylic acid groups (broad SMARTS) is 1. The van der Waals surface area contributed by atoms with Crippen molar-refractivity contribution in [2.75, 3.05) is 13.1 Å². The second-order valence-electron chi connectivity index (χ2n) is 8.41. The van der Waals surface area contributed by atoms with Crippen LogP contribution in [0.5, 0.6) is 0 Å². The zero-order valence-corrected chi connectivity index (χ0v) is 18.1. The first-order valence-corrected chi connectivity index (χ1v) is 11.2. The Morgan fingerprint density at radius 1 is 1.06 bits per heavy atom. The van der Waals surface area contributed by atoms with Crippen LogP contribution < -0.4 is 10.6 Å². The molecule has 7 nitrogen and oxygen atoms in total. The van der Waals surface area contributed by atoms with Gasteiger partial charge in [0.25, 0.3) is 0 Å². The van der Waals surface area contributed by atoms with E-state index in [-0.39, 0.29) is 48.7 Å². The Kier molecular flexibility index (Phi) is 9.87. The van der Waals surface area contributed by atoms with Crippen molar-refractivity contribution in [3.8, 4) is 0 Å². The second kappa shape index (κ2) is 12.1. The number of rotatable bonds is 14. The summed E-state index contributed by atoms with van der Waals surface area (Å²) in [4.78, 5) is 34.4. The molecule has 4 atom stereocenters. The van der Waals surface area contributed by atoms with Crippen LogP contribution >= 0.6 is 0 Å². The van der Waals surface area contributed by atoms with E-state index in [9.17, 15) is 23.2 Å². The molecule has 2 bridgehead atoms. The van der Waals surface area contributed by atoms with Gasteiger partial charge in [-0.3, -0.25) is 9.59 Å². The molecule has 9 heteroatoms. The molecule has 0 aromatic rings. The van der Waals surface area contributed by atoms with Gasteiger partial charge in [-0.1, -0.05) is 31.9 Å². The number of fused-ring (bicyclic) bond motifs is 2. The Labute approximate surface area is 182 Å². The lowest BCUT2D eigenvalue weighted by molar-refractivity contribution is -0.165. The molecule has 3 N–H and O–H groups in total. The molecular weight excluding hydrogens is 410 g/mol. The number of allylic oxidation sites excluding steroid dienone is 2. The van der Waals surface area contributed by atoms with Crippen molar-refractivity contribution in [1.29, 1.82) is 0 Å². The Hall–Kier alpha value is -2.03. The highest BCUT2D eigenvalue weighted by molar-refractivity contribution is 5.96. The van der Waals surface area contributed by atoms with Crippen molar-refractivity contribution in [2.45, 2.75) is 82.8 Å². The van der Waals surface area contributed by atoms with E-state index in [0.717, 1.165) is 32.1 Å². The quantitative estimate of drug-likeness (QED) is 0.217. The third-order valence-electron chi connectivity index (χ3n) is 6.06. The molecule has 0 radical (unpaired) electrons. The summed E-state index contributed by atoms with van der Waals surface area (Å²) in [5.41, 5.74) is 0. The van der Waals surface area contributed by atoms with Crippen LogP contribution in [-0.4, -0.2) is 54.1 Å². The van der Waals surface area contributed by atoms with Gasteiger partial charge in [0.1, 0.15) is 6.42 Å². The van der Waals surface area contributed by atoms with Gasteiger partial charge in [0.15, 0.2) is 0 Å². The minimum absolute atomic E-state index is 0.0181. The molecule has 31 heavy (non-hydrogen) atoms. The number of ether oxygens (including phenoxy) is 1. The van der Waals surface area contributed by atoms with E-state index in [0.29, 0.717) is 19.5 Å². The van der Waals surface area contributed by atoms with Crippen molar-refractivity contribution in [3.05, 3.63) is 12.2 Å². The third kappa shape index (κ3) is 7.87. The number of hydrogen-bond acceptors (Lipinski definition) is 4. The van der Waals surface area contributed by atoms with E-state index < -0.39 is 18.3 Å². The van der Waals surface area contributed by atoms with Gasteiger partial charge in [-0.15, -0.1) is 0 Å². The molecule has 0 aromatic carbocycles. The minimum Gasteiger partial charge on any atom is -0.477 e. The van der Waals surface area contributed by atoms with Crippen LogP contribution in [0.3, 0.4) is 0 Å². The number of nitrogens with one attached hydrogen (secondary N) is 2. The number of carboxylic acids is 1. The first-order valence-electron chi connectivity index (χ1n) is 11.2. The SMILES string of the molecule is CCCCCNC(=O)CC(=O)NC[C@H]1[C@@H](C/C=C\CCC(F)(F)C(=O)O)[C@H]2CC[C@@H]1O2. The van der Waals surface area contributed by atoms with Crippen molar-refractivity contribution in [3.63, 3.8) is 0 Å². The van der Waals surface area contributed by atoms with Crippen molar-refractivity contribution in [2.24, 2.45) is 11.8 Å². The molecular formula is C22H34F2N2O5. The van der Waals surface area contributed by atoms with Gasteiger partial charge in [-0.05, 0) is 38.0 Å². The zero-order valence-electron chi connectivity index (χ0n) is 18.1. The first kappa shape index (κ1) is 25.2. The molecule has 0 unspecified atom stereocenters. The zero-order chi connectivity index (χ0) is 22.9. The summed E-state index contributed by atoms with van der Waals surface area (Å²) in [6.07, 6.45) is 8.06. The number of carbonyl (C=O) groups excluding carboxylic acids is 2. The van der Waals surface area contributed by atoms with Crippen LogP contribution in [0.1, 0.15) is 64.7 Å². The fourth-order valence-corrected chi connectivity index (χ4v) is 4.33. The summed E-state index contributed by atoms with van der Waals surface area (Å²) in [6.45, 7) is 3.07.